The molecular weight excluding hydrogens is 364 g/mol. The van der Waals surface area contributed by atoms with Crippen molar-refractivity contribution in [3.8, 4) is 0 Å². The van der Waals surface area contributed by atoms with Gasteiger partial charge in [0.1, 0.15) is 5.50 Å². The first-order valence-electron chi connectivity index (χ1n) is 9.22. The van der Waals surface area contributed by atoms with E-state index in [1.165, 1.54) is 11.8 Å². The zero-order valence-electron chi connectivity index (χ0n) is 15.6. The summed E-state index contributed by atoms with van der Waals surface area (Å²) in [6.07, 6.45) is 2.62. The van der Waals surface area contributed by atoms with Gasteiger partial charge in [-0.3, -0.25) is 19.7 Å². The number of hydrogen-bond donors (Lipinski definition) is 4. The molecule has 1 aliphatic heterocycles. The number of aryl methyl sites for hydroxylation is 2. The van der Waals surface area contributed by atoms with Gasteiger partial charge in [0, 0.05) is 30.6 Å². The first-order chi connectivity index (χ1) is 12.9. The first kappa shape index (κ1) is 19.7. The summed E-state index contributed by atoms with van der Waals surface area (Å²) in [5, 5.41) is 11.9. The Bertz CT molecular complexity index is 736. The van der Waals surface area contributed by atoms with Crippen molar-refractivity contribution in [3.05, 3.63) is 29.3 Å². The average Bonchev–Trinajstić information content (AvgIpc) is 3.39. The lowest BCUT2D eigenvalue weighted by Crippen LogP contribution is -2.56. The van der Waals surface area contributed by atoms with E-state index in [4.69, 9.17) is 0 Å². The summed E-state index contributed by atoms with van der Waals surface area (Å²) in [6, 6.07) is 5.97. The quantitative estimate of drug-likeness (QED) is 0.564. The lowest BCUT2D eigenvalue weighted by molar-refractivity contribution is -0.125. The minimum atomic E-state index is -0.380. The highest BCUT2D eigenvalue weighted by Gasteiger charge is 2.30. The molecule has 0 spiro atoms. The molecule has 2 aliphatic rings. The zero-order valence-corrected chi connectivity index (χ0v) is 16.4. The molecule has 27 heavy (non-hydrogen) atoms. The monoisotopic (exact) mass is 390 g/mol. The second kappa shape index (κ2) is 8.75. The zero-order chi connectivity index (χ0) is 19.4. The molecule has 8 heteroatoms. The SMILES string of the molecule is Cc1ccc(NC(=O)CSC2NC(=O)CC(CC(=O)NC3CC3)N2)c(C)c1. The Labute approximate surface area is 163 Å². The molecule has 3 amide bonds. The number of carbonyl (C=O) groups excluding carboxylic acids is 3. The van der Waals surface area contributed by atoms with Gasteiger partial charge in [-0.2, -0.15) is 0 Å². The van der Waals surface area contributed by atoms with E-state index in [1.54, 1.807) is 0 Å². The summed E-state index contributed by atoms with van der Waals surface area (Å²) in [4.78, 5) is 36.1. The Balaban J connectivity index is 1.45. The molecule has 7 nitrogen and oxygen atoms in total. The normalized spacial score (nSPS) is 22.1. The Kier molecular flexibility index (Phi) is 6.38. The Morgan fingerprint density at radius 2 is 2.00 bits per heavy atom. The molecule has 2 unspecified atom stereocenters. The minimum Gasteiger partial charge on any atom is -0.353 e. The van der Waals surface area contributed by atoms with Crippen LogP contribution >= 0.6 is 11.8 Å². The lowest BCUT2D eigenvalue weighted by atomic mass is 10.1. The number of nitrogens with one attached hydrogen (secondary N) is 4. The van der Waals surface area contributed by atoms with E-state index >= 15 is 0 Å². The second-order valence-corrected chi connectivity index (χ2v) is 8.33. The van der Waals surface area contributed by atoms with E-state index in [2.05, 4.69) is 21.3 Å². The smallest absolute Gasteiger partial charge is 0.234 e. The van der Waals surface area contributed by atoms with E-state index < -0.39 is 0 Å². The van der Waals surface area contributed by atoms with Crippen LogP contribution in [0.4, 0.5) is 5.69 Å². The van der Waals surface area contributed by atoms with E-state index in [-0.39, 0.29) is 47.9 Å². The molecule has 2 atom stereocenters. The van der Waals surface area contributed by atoms with Gasteiger partial charge in [-0.05, 0) is 38.3 Å². The van der Waals surface area contributed by atoms with Gasteiger partial charge < -0.3 is 16.0 Å². The van der Waals surface area contributed by atoms with Crippen LogP contribution < -0.4 is 21.3 Å². The maximum atomic E-state index is 12.2. The van der Waals surface area contributed by atoms with Crippen LogP contribution in [-0.2, 0) is 14.4 Å². The van der Waals surface area contributed by atoms with Gasteiger partial charge in [0.05, 0.1) is 5.75 Å². The average molecular weight is 391 g/mol. The van der Waals surface area contributed by atoms with Crippen molar-refractivity contribution in [1.82, 2.24) is 16.0 Å². The van der Waals surface area contributed by atoms with Crippen LogP contribution in [0.5, 0.6) is 0 Å². The molecule has 4 N–H and O–H groups in total. The predicted molar refractivity (Wildman–Crippen MR) is 106 cm³/mol. The molecule has 1 heterocycles. The number of amides is 3. The Morgan fingerprint density at radius 1 is 1.22 bits per heavy atom. The van der Waals surface area contributed by atoms with Gasteiger partial charge in [0.15, 0.2) is 0 Å². The van der Waals surface area contributed by atoms with Gasteiger partial charge in [0.25, 0.3) is 0 Å². The summed E-state index contributed by atoms with van der Waals surface area (Å²) >= 11 is 1.31. The van der Waals surface area contributed by atoms with Gasteiger partial charge >= 0.3 is 0 Å². The highest BCUT2D eigenvalue weighted by atomic mass is 32.2. The van der Waals surface area contributed by atoms with Crippen molar-refractivity contribution >= 4 is 35.2 Å². The predicted octanol–water partition coefficient (Wildman–Crippen LogP) is 1.41. The third-order valence-electron chi connectivity index (χ3n) is 4.52. The van der Waals surface area contributed by atoms with Crippen molar-refractivity contribution in [2.75, 3.05) is 11.1 Å². The molecule has 1 saturated carbocycles. The van der Waals surface area contributed by atoms with Crippen LogP contribution in [0.25, 0.3) is 0 Å². The number of anilines is 1. The molecule has 0 radical (unpaired) electrons. The molecule has 0 bridgehead atoms. The standard InChI is InChI=1S/C19H26N4O3S/c1-11-3-6-15(12(2)7-11)22-18(26)10-27-19-21-14(9-17(25)23-19)8-16(24)20-13-4-5-13/h3,6-7,13-14,19,21H,4-5,8-10H2,1-2H3,(H,20,24)(H,22,26)(H,23,25). The largest absolute Gasteiger partial charge is 0.353 e. The van der Waals surface area contributed by atoms with Crippen LogP contribution in [0, 0.1) is 13.8 Å². The third kappa shape index (κ3) is 6.25. The summed E-state index contributed by atoms with van der Waals surface area (Å²) in [5.74, 6) is -0.0606. The van der Waals surface area contributed by atoms with E-state index in [1.807, 2.05) is 32.0 Å². The van der Waals surface area contributed by atoms with Crippen molar-refractivity contribution in [2.45, 2.75) is 57.1 Å². The molecule has 2 fully saturated rings. The molecule has 1 aliphatic carbocycles. The van der Waals surface area contributed by atoms with E-state index in [0.717, 1.165) is 29.7 Å². The van der Waals surface area contributed by atoms with Crippen molar-refractivity contribution in [2.24, 2.45) is 0 Å². The van der Waals surface area contributed by atoms with Crippen LogP contribution in [0.2, 0.25) is 0 Å². The highest BCUT2D eigenvalue weighted by molar-refractivity contribution is 8.00. The summed E-state index contributed by atoms with van der Waals surface area (Å²) < 4.78 is 0. The highest BCUT2D eigenvalue weighted by Crippen LogP contribution is 2.20. The number of rotatable bonds is 7. The number of hydrogen-bond acceptors (Lipinski definition) is 5. The van der Waals surface area contributed by atoms with Gasteiger partial charge in [-0.1, -0.05) is 17.7 Å². The number of benzene rings is 1. The van der Waals surface area contributed by atoms with Crippen LogP contribution in [0.15, 0.2) is 18.2 Å². The van der Waals surface area contributed by atoms with Gasteiger partial charge in [-0.25, -0.2) is 0 Å². The van der Waals surface area contributed by atoms with Crippen LogP contribution in [0.1, 0.15) is 36.8 Å². The number of carbonyl (C=O) groups is 3. The van der Waals surface area contributed by atoms with Gasteiger partial charge in [-0.15, -0.1) is 11.8 Å². The molecule has 1 aromatic rings. The molecule has 146 valence electrons. The molecule has 0 aromatic heterocycles. The Hall–Kier alpha value is -2.06. The molecule has 1 saturated heterocycles. The summed E-state index contributed by atoms with van der Waals surface area (Å²) in [5.41, 5.74) is 2.57. The van der Waals surface area contributed by atoms with E-state index in [9.17, 15) is 14.4 Å². The molecular formula is C19H26N4O3S. The van der Waals surface area contributed by atoms with Crippen molar-refractivity contribution < 1.29 is 14.4 Å². The third-order valence-corrected chi connectivity index (χ3v) is 5.54. The number of thioether (sulfide) groups is 1. The van der Waals surface area contributed by atoms with Gasteiger partial charge in [0.2, 0.25) is 17.7 Å². The summed E-state index contributed by atoms with van der Waals surface area (Å²) in [7, 11) is 0. The lowest BCUT2D eigenvalue weighted by Gasteiger charge is -2.30. The maximum Gasteiger partial charge on any atom is 0.234 e. The van der Waals surface area contributed by atoms with Crippen molar-refractivity contribution in [1.29, 1.82) is 0 Å². The van der Waals surface area contributed by atoms with Crippen LogP contribution in [-0.4, -0.2) is 41.1 Å². The fourth-order valence-electron chi connectivity index (χ4n) is 3.00. The first-order valence-corrected chi connectivity index (χ1v) is 10.3. The summed E-state index contributed by atoms with van der Waals surface area (Å²) in [6.45, 7) is 3.96. The van der Waals surface area contributed by atoms with E-state index in [0.29, 0.717) is 6.04 Å². The Morgan fingerprint density at radius 3 is 2.70 bits per heavy atom. The topological polar surface area (TPSA) is 99.3 Å². The van der Waals surface area contributed by atoms with Crippen LogP contribution in [0.3, 0.4) is 0 Å². The minimum absolute atomic E-state index is 0.0268. The molecule has 3 rings (SSSR count). The fraction of sp³-hybridized carbons (Fsp3) is 0.526. The second-order valence-electron chi connectivity index (χ2n) is 7.24. The molecule has 1 aromatic carbocycles. The maximum absolute atomic E-state index is 12.2. The fourth-order valence-corrected chi connectivity index (χ4v) is 3.90. The van der Waals surface area contributed by atoms with Crippen molar-refractivity contribution in [3.63, 3.8) is 0 Å².